The fourth-order valence-corrected chi connectivity index (χ4v) is 4.24. The molecule has 9 heteroatoms. The van der Waals surface area contributed by atoms with Gasteiger partial charge in [-0.15, -0.1) is 0 Å². The Kier molecular flexibility index (Phi) is 5.53. The SMILES string of the molecule is C=CC(=O)N[C@H]1CC[C@@H](CCc2nc(Nc3cnn(C)c3)nc3[nH]cc(Cl)c23)C1. The summed E-state index contributed by atoms with van der Waals surface area (Å²) < 4.78 is 1.72. The van der Waals surface area contributed by atoms with E-state index in [0.29, 0.717) is 22.5 Å². The summed E-state index contributed by atoms with van der Waals surface area (Å²) in [5, 5.41) is 11.9. The van der Waals surface area contributed by atoms with Gasteiger partial charge in [-0.25, -0.2) is 4.98 Å². The van der Waals surface area contributed by atoms with Gasteiger partial charge in [-0.05, 0) is 44.1 Å². The van der Waals surface area contributed by atoms with Gasteiger partial charge >= 0.3 is 0 Å². The Bertz CT molecular complexity index is 1040. The number of fused-ring (bicyclic) bond motifs is 1. The normalized spacial score (nSPS) is 18.8. The molecule has 0 spiro atoms. The minimum atomic E-state index is -0.0987. The number of amides is 1. The molecule has 3 N–H and O–H groups in total. The number of anilines is 2. The molecule has 1 aliphatic carbocycles. The van der Waals surface area contributed by atoms with Crippen molar-refractivity contribution in [3.63, 3.8) is 0 Å². The van der Waals surface area contributed by atoms with Crippen molar-refractivity contribution in [3.8, 4) is 0 Å². The number of nitrogens with one attached hydrogen (secondary N) is 3. The number of H-pyrrole nitrogens is 1. The third kappa shape index (κ3) is 4.42. The monoisotopic (exact) mass is 413 g/mol. The quantitative estimate of drug-likeness (QED) is 0.515. The minimum Gasteiger partial charge on any atom is -0.350 e. The van der Waals surface area contributed by atoms with E-state index < -0.39 is 0 Å². The Morgan fingerprint density at radius 1 is 1.45 bits per heavy atom. The van der Waals surface area contributed by atoms with Crippen LogP contribution < -0.4 is 10.6 Å². The summed E-state index contributed by atoms with van der Waals surface area (Å²) in [6.07, 6.45) is 11.5. The lowest BCUT2D eigenvalue weighted by atomic mass is 9.99. The van der Waals surface area contributed by atoms with Gasteiger partial charge in [0.15, 0.2) is 0 Å². The Morgan fingerprint density at radius 3 is 3.07 bits per heavy atom. The van der Waals surface area contributed by atoms with E-state index >= 15 is 0 Å². The van der Waals surface area contributed by atoms with E-state index in [1.165, 1.54) is 6.08 Å². The minimum absolute atomic E-state index is 0.0987. The highest BCUT2D eigenvalue weighted by atomic mass is 35.5. The smallest absolute Gasteiger partial charge is 0.243 e. The zero-order valence-electron chi connectivity index (χ0n) is 16.3. The second-order valence-corrected chi connectivity index (χ2v) is 7.92. The Balaban J connectivity index is 1.48. The molecule has 8 nitrogen and oxygen atoms in total. The number of hydrogen-bond donors (Lipinski definition) is 3. The number of carbonyl (C=O) groups excluding carboxylic acids is 1. The summed E-state index contributed by atoms with van der Waals surface area (Å²) in [5.41, 5.74) is 2.47. The van der Waals surface area contributed by atoms with Crippen LogP contribution in [0.25, 0.3) is 11.0 Å². The molecule has 1 fully saturated rings. The number of aromatic nitrogens is 5. The van der Waals surface area contributed by atoms with Crippen LogP contribution in [0, 0.1) is 5.92 Å². The number of halogens is 1. The lowest BCUT2D eigenvalue weighted by Crippen LogP contribution is -2.31. The van der Waals surface area contributed by atoms with E-state index in [9.17, 15) is 4.79 Å². The fraction of sp³-hybridized carbons (Fsp3) is 0.400. The molecule has 0 aromatic carbocycles. The van der Waals surface area contributed by atoms with Crippen molar-refractivity contribution in [2.45, 2.75) is 38.1 Å². The van der Waals surface area contributed by atoms with Crippen LogP contribution >= 0.6 is 11.6 Å². The summed E-state index contributed by atoms with van der Waals surface area (Å²) in [7, 11) is 1.86. The largest absolute Gasteiger partial charge is 0.350 e. The highest BCUT2D eigenvalue weighted by Crippen LogP contribution is 2.32. The first-order chi connectivity index (χ1) is 14.0. The van der Waals surface area contributed by atoms with Gasteiger partial charge in [0, 0.05) is 25.5 Å². The van der Waals surface area contributed by atoms with Crippen molar-refractivity contribution in [1.29, 1.82) is 0 Å². The maximum absolute atomic E-state index is 11.5. The second-order valence-electron chi connectivity index (χ2n) is 7.51. The van der Waals surface area contributed by atoms with Gasteiger partial charge in [0.25, 0.3) is 0 Å². The van der Waals surface area contributed by atoms with E-state index in [1.807, 2.05) is 13.2 Å². The molecule has 1 saturated carbocycles. The molecule has 0 saturated heterocycles. The number of hydrogen-bond acceptors (Lipinski definition) is 5. The predicted octanol–water partition coefficient (Wildman–Crippen LogP) is 3.49. The number of carbonyl (C=O) groups is 1. The van der Waals surface area contributed by atoms with Crippen molar-refractivity contribution >= 4 is 40.2 Å². The van der Waals surface area contributed by atoms with Crippen LogP contribution in [-0.4, -0.2) is 36.7 Å². The molecular formula is C20H24ClN7O. The molecule has 1 amide bonds. The van der Waals surface area contributed by atoms with Crippen LogP contribution in [0.5, 0.6) is 0 Å². The summed E-state index contributed by atoms with van der Waals surface area (Å²) in [5.74, 6) is 0.961. The van der Waals surface area contributed by atoms with E-state index in [-0.39, 0.29) is 11.9 Å². The molecule has 1 aliphatic rings. The standard InChI is InChI=1S/C20H24ClN7O/c1-3-17(29)24-13-6-4-12(8-13)5-7-16-18-15(21)10-22-19(18)27-20(26-16)25-14-9-23-28(2)11-14/h3,9-13H,1,4-8H2,2H3,(H,24,29)(H2,22,25,26,27)/t12-,13-/m0/s1. The molecular weight excluding hydrogens is 390 g/mol. The first kappa shape index (κ1) is 19.4. The van der Waals surface area contributed by atoms with E-state index in [2.05, 4.69) is 32.3 Å². The number of aromatic amines is 1. The van der Waals surface area contributed by atoms with Crippen LogP contribution in [0.2, 0.25) is 5.02 Å². The third-order valence-electron chi connectivity index (χ3n) is 5.38. The number of aryl methyl sites for hydroxylation is 2. The van der Waals surface area contributed by atoms with Crippen LogP contribution in [0.3, 0.4) is 0 Å². The van der Waals surface area contributed by atoms with Crippen molar-refractivity contribution < 1.29 is 4.79 Å². The van der Waals surface area contributed by atoms with Crippen molar-refractivity contribution in [2.24, 2.45) is 13.0 Å². The predicted molar refractivity (Wildman–Crippen MR) is 113 cm³/mol. The highest BCUT2D eigenvalue weighted by molar-refractivity contribution is 6.35. The average Bonchev–Trinajstić information content (AvgIpc) is 3.41. The maximum Gasteiger partial charge on any atom is 0.243 e. The molecule has 3 heterocycles. The Labute approximate surface area is 173 Å². The molecule has 4 rings (SSSR count). The van der Waals surface area contributed by atoms with E-state index in [0.717, 1.165) is 48.9 Å². The zero-order chi connectivity index (χ0) is 20.4. The van der Waals surface area contributed by atoms with Crippen LogP contribution in [-0.2, 0) is 18.3 Å². The number of rotatable bonds is 7. The molecule has 0 radical (unpaired) electrons. The lowest BCUT2D eigenvalue weighted by Gasteiger charge is -2.13. The molecule has 3 aromatic rings. The van der Waals surface area contributed by atoms with Gasteiger partial charge in [-0.2, -0.15) is 10.1 Å². The topological polar surface area (TPSA) is 101 Å². The van der Waals surface area contributed by atoms with Crippen LogP contribution in [0.4, 0.5) is 11.6 Å². The molecule has 0 aliphatic heterocycles. The van der Waals surface area contributed by atoms with Crippen LogP contribution in [0.15, 0.2) is 31.2 Å². The Morgan fingerprint density at radius 2 is 2.31 bits per heavy atom. The molecule has 2 atom stereocenters. The van der Waals surface area contributed by atoms with Gasteiger partial charge < -0.3 is 15.6 Å². The molecule has 152 valence electrons. The fourth-order valence-electron chi connectivity index (χ4n) is 3.99. The van der Waals surface area contributed by atoms with Gasteiger partial charge in [-0.1, -0.05) is 18.2 Å². The first-order valence-electron chi connectivity index (χ1n) is 9.74. The highest BCUT2D eigenvalue weighted by Gasteiger charge is 2.26. The lowest BCUT2D eigenvalue weighted by molar-refractivity contribution is -0.117. The summed E-state index contributed by atoms with van der Waals surface area (Å²) in [6.45, 7) is 3.52. The summed E-state index contributed by atoms with van der Waals surface area (Å²) >= 11 is 6.38. The Hall–Kier alpha value is -2.87. The molecule has 0 unspecified atom stereocenters. The van der Waals surface area contributed by atoms with Crippen molar-refractivity contribution in [2.75, 3.05) is 5.32 Å². The maximum atomic E-state index is 11.5. The summed E-state index contributed by atoms with van der Waals surface area (Å²) in [6, 6.07) is 0.231. The van der Waals surface area contributed by atoms with E-state index in [1.54, 1.807) is 17.1 Å². The van der Waals surface area contributed by atoms with Gasteiger partial charge in [0.2, 0.25) is 11.9 Å². The number of nitrogens with zero attached hydrogens (tertiary/aromatic N) is 4. The van der Waals surface area contributed by atoms with Crippen molar-refractivity contribution in [3.05, 3.63) is 42.0 Å². The second kappa shape index (κ2) is 8.24. The van der Waals surface area contributed by atoms with Crippen LogP contribution in [0.1, 0.15) is 31.4 Å². The van der Waals surface area contributed by atoms with E-state index in [4.69, 9.17) is 16.6 Å². The molecule has 29 heavy (non-hydrogen) atoms. The first-order valence-corrected chi connectivity index (χ1v) is 10.1. The van der Waals surface area contributed by atoms with Crippen molar-refractivity contribution in [1.82, 2.24) is 30.0 Å². The third-order valence-corrected chi connectivity index (χ3v) is 5.68. The zero-order valence-corrected chi connectivity index (χ0v) is 17.0. The summed E-state index contributed by atoms with van der Waals surface area (Å²) in [4.78, 5) is 23.9. The van der Waals surface area contributed by atoms with Gasteiger partial charge in [0.05, 0.1) is 28.0 Å². The van der Waals surface area contributed by atoms with Gasteiger partial charge in [0.1, 0.15) is 5.65 Å². The van der Waals surface area contributed by atoms with Gasteiger partial charge in [-0.3, -0.25) is 9.48 Å². The molecule has 3 aromatic heterocycles. The average molecular weight is 414 g/mol. The molecule has 0 bridgehead atoms.